The molecule has 11 nitrogen and oxygen atoms in total. The monoisotopic (exact) mass is 547 g/mol. The van der Waals surface area contributed by atoms with E-state index in [1.807, 2.05) is 35.2 Å². The fourth-order valence-electron chi connectivity index (χ4n) is 5.58. The van der Waals surface area contributed by atoms with E-state index in [4.69, 9.17) is 4.98 Å². The van der Waals surface area contributed by atoms with Crippen LogP contribution in [-0.4, -0.2) is 67.7 Å². The highest BCUT2D eigenvalue weighted by atomic mass is 16.2. The number of benzene rings is 2. The van der Waals surface area contributed by atoms with E-state index >= 15 is 0 Å². The molecule has 1 saturated heterocycles. The predicted molar refractivity (Wildman–Crippen MR) is 156 cm³/mol. The van der Waals surface area contributed by atoms with Gasteiger partial charge in [0, 0.05) is 81.5 Å². The lowest BCUT2D eigenvalue weighted by Gasteiger charge is -2.35. The molecule has 0 unspecified atom stereocenters. The van der Waals surface area contributed by atoms with E-state index in [0.29, 0.717) is 24.4 Å². The number of hydrogen-bond acceptors (Lipinski definition) is 7. The zero-order chi connectivity index (χ0) is 27.9. The molecule has 0 spiro atoms. The molecule has 2 aliphatic heterocycles. The molecule has 41 heavy (non-hydrogen) atoms. The first-order valence-corrected chi connectivity index (χ1v) is 13.7. The number of piperazine rings is 1. The minimum atomic E-state index is -0.317. The van der Waals surface area contributed by atoms with Gasteiger partial charge in [-0.3, -0.25) is 14.7 Å². The van der Waals surface area contributed by atoms with E-state index in [1.165, 1.54) is 11.1 Å². The minimum Gasteiger partial charge on any atom is -0.368 e. The molecule has 0 atom stereocenters. The summed E-state index contributed by atoms with van der Waals surface area (Å²) in [6, 6.07) is 19.9. The molecular formula is C30H29N9O2. The lowest BCUT2D eigenvalue weighted by molar-refractivity contribution is -0.129. The highest BCUT2D eigenvalue weighted by Crippen LogP contribution is 2.31. The van der Waals surface area contributed by atoms with Gasteiger partial charge in [0.25, 0.3) is 5.91 Å². The van der Waals surface area contributed by atoms with E-state index < -0.39 is 0 Å². The molecule has 2 aromatic carbocycles. The molecule has 1 fully saturated rings. The van der Waals surface area contributed by atoms with Crippen LogP contribution in [0.1, 0.15) is 28.5 Å². The standard InChI is InChI=1S/C30H29N9O2/c1-20(40)36-9-11-37(12-10-36)25-8-4-7-24(13-25)33-30(41)26-14-29-34-28(38-18-21-5-2-3-6-22(21)19-38)15-27(39(29)35-26)23-16-31-32-17-23/h2-8,13-17H,9-12,18-19H2,1H3,(H,31,32)(H,33,41). The van der Waals surface area contributed by atoms with Crippen LogP contribution in [0.5, 0.6) is 0 Å². The Balaban J connectivity index is 1.15. The van der Waals surface area contributed by atoms with Gasteiger partial charge >= 0.3 is 0 Å². The molecule has 2 amide bonds. The number of amides is 2. The predicted octanol–water partition coefficient (Wildman–Crippen LogP) is 3.56. The summed E-state index contributed by atoms with van der Waals surface area (Å²) in [7, 11) is 0. The molecule has 11 heteroatoms. The van der Waals surface area contributed by atoms with Gasteiger partial charge in [-0.2, -0.15) is 10.2 Å². The average Bonchev–Trinajstić information content (AvgIpc) is 3.76. The topological polar surface area (TPSA) is 115 Å². The van der Waals surface area contributed by atoms with Gasteiger partial charge < -0.3 is 20.0 Å². The van der Waals surface area contributed by atoms with Crippen molar-refractivity contribution >= 4 is 34.7 Å². The second-order valence-electron chi connectivity index (χ2n) is 10.4. The molecule has 7 rings (SSSR count). The van der Waals surface area contributed by atoms with Gasteiger partial charge in [0.15, 0.2) is 11.3 Å². The number of nitrogens with zero attached hydrogens (tertiary/aromatic N) is 7. The summed E-state index contributed by atoms with van der Waals surface area (Å²) in [6.45, 7) is 6.00. The molecule has 2 aliphatic rings. The first-order chi connectivity index (χ1) is 20.0. The van der Waals surface area contributed by atoms with E-state index in [0.717, 1.165) is 48.9 Å². The van der Waals surface area contributed by atoms with Gasteiger partial charge in [0.05, 0.1) is 11.9 Å². The van der Waals surface area contributed by atoms with Crippen LogP contribution in [0.25, 0.3) is 16.9 Å². The van der Waals surface area contributed by atoms with Crippen molar-refractivity contribution in [1.29, 1.82) is 0 Å². The molecule has 5 aromatic rings. The fraction of sp³-hybridized carbons (Fsp3) is 0.233. The van der Waals surface area contributed by atoms with Gasteiger partial charge in [0.1, 0.15) is 5.82 Å². The van der Waals surface area contributed by atoms with E-state index in [1.54, 1.807) is 29.9 Å². The van der Waals surface area contributed by atoms with Crippen molar-refractivity contribution in [3.8, 4) is 11.3 Å². The van der Waals surface area contributed by atoms with Crippen LogP contribution in [0.3, 0.4) is 0 Å². The van der Waals surface area contributed by atoms with Gasteiger partial charge in [0.2, 0.25) is 5.91 Å². The summed E-state index contributed by atoms with van der Waals surface area (Å²) in [5.74, 6) is 0.595. The third-order valence-corrected chi connectivity index (χ3v) is 7.80. The molecule has 0 aliphatic carbocycles. The van der Waals surface area contributed by atoms with Crippen molar-refractivity contribution in [2.75, 3.05) is 41.3 Å². The van der Waals surface area contributed by atoms with Gasteiger partial charge in [-0.1, -0.05) is 30.3 Å². The highest BCUT2D eigenvalue weighted by molar-refractivity contribution is 6.03. The maximum atomic E-state index is 13.4. The normalized spacial score (nSPS) is 14.9. The maximum Gasteiger partial charge on any atom is 0.276 e. The zero-order valence-corrected chi connectivity index (χ0v) is 22.6. The van der Waals surface area contributed by atoms with Gasteiger partial charge in [-0.05, 0) is 29.3 Å². The smallest absolute Gasteiger partial charge is 0.276 e. The van der Waals surface area contributed by atoms with Crippen molar-refractivity contribution < 1.29 is 9.59 Å². The number of aromatic nitrogens is 5. The van der Waals surface area contributed by atoms with Crippen molar-refractivity contribution in [3.63, 3.8) is 0 Å². The van der Waals surface area contributed by atoms with Crippen LogP contribution in [0.4, 0.5) is 17.2 Å². The van der Waals surface area contributed by atoms with Crippen LogP contribution >= 0.6 is 0 Å². The number of nitrogens with one attached hydrogen (secondary N) is 2. The number of H-pyrrole nitrogens is 1. The molecule has 206 valence electrons. The Hall–Kier alpha value is -5.19. The number of carbonyl (C=O) groups excluding carboxylic acids is 2. The van der Waals surface area contributed by atoms with Gasteiger partial charge in [-0.25, -0.2) is 9.50 Å². The zero-order valence-electron chi connectivity index (χ0n) is 22.6. The second kappa shape index (κ2) is 10.1. The molecule has 3 aromatic heterocycles. The fourth-order valence-corrected chi connectivity index (χ4v) is 5.58. The van der Waals surface area contributed by atoms with Crippen molar-refractivity contribution in [2.45, 2.75) is 20.0 Å². The Morgan fingerprint density at radius 3 is 2.39 bits per heavy atom. The summed E-state index contributed by atoms with van der Waals surface area (Å²) in [6.07, 6.45) is 3.54. The highest BCUT2D eigenvalue weighted by Gasteiger charge is 2.23. The van der Waals surface area contributed by atoms with Crippen LogP contribution in [0.2, 0.25) is 0 Å². The Kier molecular flexibility index (Phi) is 6.11. The van der Waals surface area contributed by atoms with Crippen molar-refractivity contribution in [2.24, 2.45) is 0 Å². The first kappa shape index (κ1) is 24.8. The summed E-state index contributed by atoms with van der Waals surface area (Å²) < 4.78 is 1.69. The number of aromatic amines is 1. The summed E-state index contributed by atoms with van der Waals surface area (Å²) in [5.41, 5.74) is 6.74. The van der Waals surface area contributed by atoms with E-state index in [9.17, 15) is 9.59 Å². The molecule has 2 N–H and O–H groups in total. The van der Waals surface area contributed by atoms with Crippen molar-refractivity contribution in [3.05, 3.63) is 89.9 Å². The van der Waals surface area contributed by atoms with Crippen LogP contribution in [-0.2, 0) is 17.9 Å². The number of carbonyl (C=O) groups is 2. The SMILES string of the molecule is CC(=O)N1CCN(c2cccc(NC(=O)c3cc4nc(N5Cc6ccccc6C5)cc(-c5cn[nH]c5)n4n3)c2)CC1. The first-order valence-electron chi connectivity index (χ1n) is 13.7. The molecule has 0 saturated carbocycles. The molecule has 0 radical (unpaired) electrons. The van der Waals surface area contributed by atoms with Gasteiger partial charge in [-0.15, -0.1) is 0 Å². The molecule has 0 bridgehead atoms. The van der Waals surface area contributed by atoms with Crippen LogP contribution < -0.4 is 15.1 Å². The van der Waals surface area contributed by atoms with Crippen LogP contribution in [0.15, 0.2) is 73.1 Å². The Labute approximate surface area is 236 Å². The Morgan fingerprint density at radius 1 is 0.902 bits per heavy atom. The third-order valence-electron chi connectivity index (χ3n) is 7.80. The quantitative estimate of drug-likeness (QED) is 0.346. The number of rotatable bonds is 5. The third kappa shape index (κ3) is 4.75. The Morgan fingerprint density at radius 2 is 1.68 bits per heavy atom. The Bertz CT molecular complexity index is 1730. The maximum absolute atomic E-state index is 13.4. The van der Waals surface area contributed by atoms with E-state index in [2.05, 4.69) is 54.7 Å². The lowest BCUT2D eigenvalue weighted by atomic mass is 10.1. The summed E-state index contributed by atoms with van der Waals surface area (Å²) >= 11 is 0. The van der Waals surface area contributed by atoms with Crippen molar-refractivity contribution in [1.82, 2.24) is 29.7 Å². The summed E-state index contributed by atoms with van der Waals surface area (Å²) in [4.78, 5) is 36.2. The largest absolute Gasteiger partial charge is 0.368 e. The minimum absolute atomic E-state index is 0.0983. The lowest BCUT2D eigenvalue weighted by Crippen LogP contribution is -2.48. The number of hydrogen-bond donors (Lipinski definition) is 2. The number of fused-ring (bicyclic) bond motifs is 2. The second-order valence-corrected chi connectivity index (χ2v) is 10.4. The van der Waals surface area contributed by atoms with E-state index in [-0.39, 0.29) is 17.5 Å². The number of anilines is 3. The van der Waals surface area contributed by atoms with Crippen LogP contribution in [0, 0.1) is 0 Å². The molecular weight excluding hydrogens is 518 g/mol. The average molecular weight is 548 g/mol. The molecule has 5 heterocycles. The summed E-state index contributed by atoms with van der Waals surface area (Å²) in [5, 5.41) is 14.6.